The molecular formula is C11H19N3S. The summed E-state index contributed by atoms with van der Waals surface area (Å²) in [5.74, 6) is 0. The Morgan fingerprint density at radius 2 is 2.33 bits per heavy atom. The van der Waals surface area contributed by atoms with Crippen LogP contribution in [0.2, 0.25) is 0 Å². The lowest BCUT2D eigenvalue weighted by Crippen LogP contribution is -2.36. The minimum Gasteiger partial charge on any atom is -0.326 e. The smallest absolute Gasteiger partial charge is 0.0898 e. The van der Waals surface area contributed by atoms with Crippen LogP contribution >= 0.6 is 11.3 Å². The molecule has 0 saturated carbocycles. The first kappa shape index (κ1) is 11.0. The minimum atomic E-state index is 0.244. The van der Waals surface area contributed by atoms with Gasteiger partial charge in [-0.3, -0.25) is 4.90 Å². The van der Waals surface area contributed by atoms with Crippen LogP contribution in [0.3, 0.4) is 0 Å². The molecule has 1 saturated heterocycles. The SMILES string of the molecule is Cc1nc(C2C(N)CCN2C(C)C)cs1. The zero-order chi connectivity index (χ0) is 11.0. The molecule has 4 heteroatoms. The summed E-state index contributed by atoms with van der Waals surface area (Å²) in [6, 6.07) is 1.12. The quantitative estimate of drug-likeness (QED) is 0.836. The van der Waals surface area contributed by atoms with Crippen LogP contribution in [0.15, 0.2) is 5.38 Å². The van der Waals surface area contributed by atoms with E-state index in [-0.39, 0.29) is 6.04 Å². The van der Waals surface area contributed by atoms with Gasteiger partial charge in [0.25, 0.3) is 0 Å². The fourth-order valence-corrected chi connectivity index (χ4v) is 2.97. The summed E-state index contributed by atoms with van der Waals surface area (Å²) in [6.45, 7) is 7.60. The predicted octanol–water partition coefficient (Wildman–Crippen LogP) is 1.93. The normalized spacial score (nSPS) is 27.8. The second-order valence-electron chi connectivity index (χ2n) is 4.52. The topological polar surface area (TPSA) is 42.1 Å². The number of aromatic nitrogens is 1. The van der Waals surface area contributed by atoms with E-state index >= 15 is 0 Å². The molecule has 3 nitrogen and oxygen atoms in total. The highest BCUT2D eigenvalue weighted by Crippen LogP contribution is 2.33. The fraction of sp³-hybridized carbons (Fsp3) is 0.727. The van der Waals surface area contributed by atoms with Gasteiger partial charge in [-0.2, -0.15) is 0 Å². The van der Waals surface area contributed by atoms with E-state index < -0.39 is 0 Å². The lowest BCUT2D eigenvalue weighted by molar-refractivity contribution is 0.195. The van der Waals surface area contributed by atoms with Gasteiger partial charge in [-0.05, 0) is 27.2 Å². The Hall–Kier alpha value is -0.450. The Morgan fingerprint density at radius 3 is 2.87 bits per heavy atom. The first-order valence-corrected chi connectivity index (χ1v) is 6.41. The molecule has 0 bridgehead atoms. The summed E-state index contributed by atoms with van der Waals surface area (Å²) in [6.07, 6.45) is 1.08. The molecule has 2 heterocycles. The van der Waals surface area contributed by atoms with Gasteiger partial charge in [-0.15, -0.1) is 11.3 Å². The molecule has 2 rings (SSSR count). The van der Waals surface area contributed by atoms with Gasteiger partial charge in [0.2, 0.25) is 0 Å². The van der Waals surface area contributed by atoms with Crippen molar-refractivity contribution in [2.24, 2.45) is 5.73 Å². The number of hydrogen-bond donors (Lipinski definition) is 1. The molecule has 15 heavy (non-hydrogen) atoms. The lowest BCUT2D eigenvalue weighted by atomic mass is 10.1. The zero-order valence-electron chi connectivity index (χ0n) is 9.60. The maximum absolute atomic E-state index is 6.17. The molecule has 0 amide bonds. The van der Waals surface area contributed by atoms with Gasteiger partial charge in [-0.25, -0.2) is 4.98 Å². The Kier molecular flexibility index (Phi) is 3.09. The Balaban J connectivity index is 2.24. The van der Waals surface area contributed by atoms with Crippen LogP contribution in [0.1, 0.15) is 37.0 Å². The van der Waals surface area contributed by atoms with Crippen LogP contribution in [0.25, 0.3) is 0 Å². The summed E-state index contributed by atoms with van der Waals surface area (Å²) < 4.78 is 0. The second kappa shape index (κ2) is 4.20. The first-order valence-electron chi connectivity index (χ1n) is 5.53. The van der Waals surface area contributed by atoms with Gasteiger partial charge < -0.3 is 5.73 Å². The summed E-state index contributed by atoms with van der Waals surface area (Å²) in [4.78, 5) is 7.03. The second-order valence-corrected chi connectivity index (χ2v) is 5.58. The van der Waals surface area contributed by atoms with Crippen LogP contribution in [0.4, 0.5) is 0 Å². The van der Waals surface area contributed by atoms with E-state index in [0.717, 1.165) is 23.7 Å². The molecule has 1 aliphatic heterocycles. The molecular weight excluding hydrogens is 206 g/mol. The number of nitrogens with zero attached hydrogens (tertiary/aromatic N) is 2. The molecule has 84 valence electrons. The van der Waals surface area contributed by atoms with Crippen LogP contribution in [-0.4, -0.2) is 28.5 Å². The highest BCUT2D eigenvalue weighted by atomic mass is 32.1. The third-order valence-corrected chi connectivity index (χ3v) is 3.88. The molecule has 1 fully saturated rings. The van der Waals surface area contributed by atoms with Crippen molar-refractivity contribution in [3.8, 4) is 0 Å². The molecule has 0 radical (unpaired) electrons. The number of hydrogen-bond acceptors (Lipinski definition) is 4. The van der Waals surface area contributed by atoms with Crippen molar-refractivity contribution in [1.82, 2.24) is 9.88 Å². The van der Waals surface area contributed by atoms with Crippen LogP contribution < -0.4 is 5.73 Å². The number of nitrogens with two attached hydrogens (primary N) is 1. The van der Waals surface area contributed by atoms with E-state index in [9.17, 15) is 0 Å². The average Bonchev–Trinajstić information content (AvgIpc) is 2.71. The predicted molar refractivity (Wildman–Crippen MR) is 64.0 cm³/mol. The van der Waals surface area contributed by atoms with E-state index in [4.69, 9.17) is 5.73 Å². The van der Waals surface area contributed by atoms with Crippen molar-refractivity contribution < 1.29 is 0 Å². The standard InChI is InChI=1S/C11H19N3S/c1-7(2)14-5-4-9(12)11(14)10-6-15-8(3)13-10/h6-7,9,11H,4-5,12H2,1-3H3. The molecule has 2 atom stereocenters. The van der Waals surface area contributed by atoms with Crippen LogP contribution in [-0.2, 0) is 0 Å². The van der Waals surface area contributed by atoms with Crippen molar-refractivity contribution in [2.45, 2.75) is 45.3 Å². The van der Waals surface area contributed by atoms with Crippen molar-refractivity contribution in [1.29, 1.82) is 0 Å². The minimum absolute atomic E-state index is 0.244. The third kappa shape index (κ3) is 2.07. The monoisotopic (exact) mass is 225 g/mol. The summed E-state index contributed by atoms with van der Waals surface area (Å²) >= 11 is 1.71. The van der Waals surface area contributed by atoms with E-state index in [1.165, 1.54) is 0 Å². The number of aryl methyl sites for hydroxylation is 1. The largest absolute Gasteiger partial charge is 0.326 e. The van der Waals surface area contributed by atoms with E-state index in [2.05, 4.69) is 29.1 Å². The number of thiazole rings is 1. The van der Waals surface area contributed by atoms with Gasteiger partial charge in [0, 0.05) is 24.0 Å². The van der Waals surface area contributed by atoms with E-state index in [1.807, 2.05) is 6.92 Å². The van der Waals surface area contributed by atoms with E-state index in [1.54, 1.807) is 11.3 Å². The van der Waals surface area contributed by atoms with Crippen molar-refractivity contribution in [2.75, 3.05) is 6.54 Å². The summed E-state index contributed by atoms with van der Waals surface area (Å²) in [7, 11) is 0. The molecule has 1 aromatic rings. The fourth-order valence-electron chi connectivity index (χ4n) is 2.33. The molecule has 0 aliphatic carbocycles. The zero-order valence-corrected chi connectivity index (χ0v) is 10.4. The average molecular weight is 225 g/mol. The molecule has 1 aliphatic rings. The summed E-state index contributed by atoms with van der Waals surface area (Å²) in [5.41, 5.74) is 7.33. The molecule has 0 spiro atoms. The third-order valence-electron chi connectivity index (χ3n) is 3.09. The number of rotatable bonds is 2. The maximum Gasteiger partial charge on any atom is 0.0898 e. The highest BCUT2D eigenvalue weighted by Gasteiger charge is 2.35. The Bertz CT molecular complexity index is 334. The molecule has 0 aromatic carbocycles. The van der Waals surface area contributed by atoms with Crippen molar-refractivity contribution >= 4 is 11.3 Å². The van der Waals surface area contributed by atoms with Gasteiger partial charge in [-0.1, -0.05) is 0 Å². The van der Waals surface area contributed by atoms with Crippen LogP contribution in [0, 0.1) is 6.92 Å². The Labute approximate surface area is 95.3 Å². The van der Waals surface area contributed by atoms with Gasteiger partial charge in [0.05, 0.1) is 16.7 Å². The van der Waals surface area contributed by atoms with Gasteiger partial charge in [0.15, 0.2) is 0 Å². The molecule has 2 N–H and O–H groups in total. The van der Waals surface area contributed by atoms with Crippen molar-refractivity contribution in [3.05, 3.63) is 16.1 Å². The Morgan fingerprint density at radius 1 is 1.60 bits per heavy atom. The lowest BCUT2D eigenvalue weighted by Gasteiger charge is -2.28. The first-order chi connectivity index (χ1) is 7.09. The van der Waals surface area contributed by atoms with Crippen LogP contribution in [0.5, 0.6) is 0 Å². The summed E-state index contributed by atoms with van der Waals surface area (Å²) in [5, 5.41) is 3.29. The molecule has 1 aromatic heterocycles. The highest BCUT2D eigenvalue weighted by molar-refractivity contribution is 7.09. The number of likely N-dealkylation sites (tertiary alicyclic amines) is 1. The van der Waals surface area contributed by atoms with Crippen molar-refractivity contribution in [3.63, 3.8) is 0 Å². The maximum atomic E-state index is 6.17. The van der Waals surface area contributed by atoms with Gasteiger partial charge in [0.1, 0.15) is 0 Å². The van der Waals surface area contributed by atoms with Gasteiger partial charge >= 0.3 is 0 Å². The molecule has 2 unspecified atom stereocenters. The van der Waals surface area contributed by atoms with E-state index in [0.29, 0.717) is 12.1 Å².